The monoisotopic (exact) mass is 542 g/mol. The van der Waals surface area contributed by atoms with Crippen LogP contribution in [0.25, 0.3) is 10.2 Å². The van der Waals surface area contributed by atoms with Gasteiger partial charge in [0.1, 0.15) is 11.3 Å². The van der Waals surface area contributed by atoms with Crippen LogP contribution >= 0.6 is 22.9 Å². The average molecular weight is 543 g/mol. The number of halogens is 1. The van der Waals surface area contributed by atoms with Crippen molar-refractivity contribution in [1.29, 1.82) is 0 Å². The Balaban J connectivity index is 1.27. The molecular weight excluding hydrogens is 520 g/mol. The van der Waals surface area contributed by atoms with E-state index in [2.05, 4.69) is 9.62 Å². The maximum atomic E-state index is 13.2. The maximum absolute atomic E-state index is 13.2. The van der Waals surface area contributed by atoms with Crippen molar-refractivity contribution in [3.8, 4) is 5.75 Å². The minimum absolute atomic E-state index is 0.149. The molecule has 1 fully saturated rings. The molecule has 1 N–H and O–H groups in total. The third kappa shape index (κ3) is 4.84. The third-order valence-corrected chi connectivity index (χ3v) is 8.89. The Hall–Kier alpha value is -3.34. The first-order chi connectivity index (χ1) is 17.4. The number of aromatic nitrogens is 1. The fourth-order valence-corrected chi connectivity index (χ4v) is 6.43. The number of carbonyl (C=O) groups is 1. The Labute approximate surface area is 218 Å². The van der Waals surface area contributed by atoms with Gasteiger partial charge in [0.05, 0.1) is 21.7 Å². The van der Waals surface area contributed by atoms with Crippen molar-refractivity contribution in [3.63, 3.8) is 0 Å². The highest BCUT2D eigenvalue weighted by Crippen LogP contribution is 2.38. The highest BCUT2D eigenvalue weighted by atomic mass is 35.5. The molecule has 0 radical (unpaired) electrons. The number of hydrogen-bond donors (Lipinski definition) is 1. The van der Waals surface area contributed by atoms with Crippen molar-refractivity contribution in [3.05, 3.63) is 77.3 Å². The number of nitrogens with one attached hydrogen (secondary N) is 1. The quantitative estimate of drug-likeness (QED) is 0.379. The zero-order valence-electron chi connectivity index (χ0n) is 19.3. The molecule has 3 aromatic carbocycles. The van der Waals surface area contributed by atoms with Crippen LogP contribution in [-0.2, 0) is 10.0 Å². The molecule has 5 rings (SSSR count). The molecule has 0 spiro atoms. The van der Waals surface area contributed by atoms with E-state index in [-0.39, 0.29) is 10.8 Å². The number of methoxy groups -OCH3 is 1. The van der Waals surface area contributed by atoms with E-state index in [0.29, 0.717) is 48.2 Å². The van der Waals surface area contributed by atoms with Gasteiger partial charge in [-0.3, -0.25) is 9.52 Å². The van der Waals surface area contributed by atoms with E-state index in [1.54, 1.807) is 66.6 Å². The van der Waals surface area contributed by atoms with E-state index < -0.39 is 10.0 Å². The normalized spacial score (nSPS) is 14.2. The standard InChI is InChI=1S/C25H23ClN4O4S2/c1-34-21-11-10-20(26)23-22(21)27-25(35-23)30-14-12-29(13-15-30)24(31)17-6-5-7-18(16-17)28-36(32,33)19-8-3-2-4-9-19/h2-11,16,28H,12-15H2,1H3. The number of piperazine rings is 1. The van der Waals surface area contributed by atoms with E-state index in [0.717, 1.165) is 15.3 Å². The van der Waals surface area contributed by atoms with Gasteiger partial charge in [-0.25, -0.2) is 13.4 Å². The predicted molar refractivity (Wildman–Crippen MR) is 143 cm³/mol. The summed E-state index contributed by atoms with van der Waals surface area (Å²) in [6.45, 7) is 2.26. The number of nitrogens with zero attached hydrogens (tertiary/aromatic N) is 3. The first-order valence-corrected chi connectivity index (χ1v) is 13.9. The molecule has 2 heterocycles. The molecule has 1 amide bonds. The van der Waals surface area contributed by atoms with E-state index in [1.807, 2.05) is 0 Å². The average Bonchev–Trinajstić information content (AvgIpc) is 3.36. The summed E-state index contributed by atoms with van der Waals surface area (Å²) >= 11 is 7.86. The molecule has 0 atom stereocenters. The van der Waals surface area contributed by atoms with Gasteiger partial charge < -0.3 is 14.5 Å². The number of hydrogen-bond acceptors (Lipinski definition) is 7. The lowest BCUT2D eigenvalue weighted by Crippen LogP contribution is -2.48. The molecule has 36 heavy (non-hydrogen) atoms. The Morgan fingerprint density at radius 2 is 1.78 bits per heavy atom. The van der Waals surface area contributed by atoms with Crippen molar-refractivity contribution in [2.75, 3.05) is 42.9 Å². The summed E-state index contributed by atoms with van der Waals surface area (Å²) < 4.78 is 34.1. The molecule has 0 saturated carbocycles. The van der Waals surface area contributed by atoms with Gasteiger partial charge in [0.15, 0.2) is 5.13 Å². The smallest absolute Gasteiger partial charge is 0.261 e. The Morgan fingerprint density at radius 1 is 1.03 bits per heavy atom. The SMILES string of the molecule is COc1ccc(Cl)c2sc(N3CCN(C(=O)c4cccc(NS(=O)(=O)c5ccccc5)c4)CC3)nc12. The summed E-state index contributed by atoms with van der Waals surface area (Å²) in [6, 6.07) is 18.3. The molecule has 1 saturated heterocycles. The van der Waals surface area contributed by atoms with Crippen LogP contribution in [0.4, 0.5) is 10.8 Å². The van der Waals surface area contributed by atoms with Gasteiger partial charge in [-0.2, -0.15) is 0 Å². The number of sulfonamides is 1. The molecule has 1 aliphatic rings. The Bertz CT molecular complexity index is 1520. The number of fused-ring (bicyclic) bond motifs is 1. The van der Waals surface area contributed by atoms with Crippen molar-refractivity contribution >= 4 is 59.9 Å². The largest absolute Gasteiger partial charge is 0.494 e. The second kappa shape index (κ2) is 9.96. The second-order valence-corrected chi connectivity index (χ2v) is 11.3. The topological polar surface area (TPSA) is 91.8 Å². The zero-order chi connectivity index (χ0) is 25.3. The van der Waals surface area contributed by atoms with Crippen molar-refractivity contribution < 1.29 is 17.9 Å². The van der Waals surface area contributed by atoms with Crippen LogP contribution in [0.3, 0.4) is 0 Å². The highest BCUT2D eigenvalue weighted by Gasteiger charge is 2.25. The molecule has 186 valence electrons. The van der Waals surface area contributed by atoms with Gasteiger partial charge in [-0.15, -0.1) is 0 Å². The van der Waals surface area contributed by atoms with E-state index in [9.17, 15) is 13.2 Å². The fourth-order valence-electron chi connectivity index (χ4n) is 4.05. The number of anilines is 2. The van der Waals surface area contributed by atoms with Crippen LogP contribution in [0.15, 0.2) is 71.6 Å². The van der Waals surface area contributed by atoms with E-state index in [1.165, 1.54) is 23.5 Å². The predicted octanol–water partition coefficient (Wildman–Crippen LogP) is 4.72. The number of carbonyl (C=O) groups excluding carboxylic acids is 1. The van der Waals surface area contributed by atoms with Crippen LogP contribution in [-0.4, -0.2) is 57.5 Å². The first kappa shape index (κ1) is 24.4. The summed E-state index contributed by atoms with van der Waals surface area (Å²) in [5.41, 5.74) is 1.50. The minimum atomic E-state index is -3.74. The van der Waals surface area contributed by atoms with Gasteiger partial charge in [0.2, 0.25) is 0 Å². The number of benzene rings is 3. The van der Waals surface area contributed by atoms with Gasteiger partial charge in [0, 0.05) is 37.4 Å². The third-order valence-electron chi connectivity index (χ3n) is 5.92. The number of rotatable bonds is 6. The molecule has 4 aromatic rings. The van der Waals surface area contributed by atoms with Crippen LogP contribution in [0.5, 0.6) is 5.75 Å². The second-order valence-electron chi connectivity index (χ2n) is 8.20. The number of ether oxygens (including phenoxy) is 1. The number of thiazole rings is 1. The van der Waals surface area contributed by atoms with Gasteiger partial charge in [-0.1, -0.05) is 47.2 Å². The Kier molecular flexibility index (Phi) is 6.74. The molecule has 1 aliphatic heterocycles. The lowest BCUT2D eigenvalue weighted by Gasteiger charge is -2.34. The lowest BCUT2D eigenvalue weighted by atomic mass is 10.1. The van der Waals surface area contributed by atoms with Crippen LogP contribution in [0.2, 0.25) is 5.02 Å². The van der Waals surface area contributed by atoms with Gasteiger partial charge in [-0.05, 0) is 42.5 Å². The van der Waals surface area contributed by atoms with Crippen molar-refractivity contribution in [2.45, 2.75) is 4.90 Å². The van der Waals surface area contributed by atoms with Crippen LogP contribution < -0.4 is 14.4 Å². The van der Waals surface area contributed by atoms with E-state index in [4.69, 9.17) is 21.3 Å². The van der Waals surface area contributed by atoms with Crippen LogP contribution in [0.1, 0.15) is 10.4 Å². The summed E-state index contributed by atoms with van der Waals surface area (Å²) in [5.74, 6) is 0.526. The van der Waals surface area contributed by atoms with Crippen LogP contribution in [0, 0.1) is 0 Å². The maximum Gasteiger partial charge on any atom is 0.261 e. The Morgan fingerprint density at radius 3 is 2.50 bits per heavy atom. The summed E-state index contributed by atoms with van der Waals surface area (Å²) in [4.78, 5) is 22.0. The van der Waals surface area contributed by atoms with Crippen molar-refractivity contribution in [1.82, 2.24) is 9.88 Å². The summed E-state index contributed by atoms with van der Waals surface area (Å²) in [5, 5.41) is 1.46. The molecule has 0 unspecified atom stereocenters. The summed E-state index contributed by atoms with van der Waals surface area (Å²) in [6.07, 6.45) is 0. The molecule has 11 heteroatoms. The minimum Gasteiger partial charge on any atom is -0.494 e. The van der Waals surface area contributed by atoms with Crippen molar-refractivity contribution in [2.24, 2.45) is 0 Å². The first-order valence-electron chi connectivity index (χ1n) is 11.2. The van der Waals surface area contributed by atoms with Gasteiger partial charge >= 0.3 is 0 Å². The van der Waals surface area contributed by atoms with Gasteiger partial charge in [0.25, 0.3) is 15.9 Å². The summed E-state index contributed by atoms with van der Waals surface area (Å²) in [7, 11) is -2.14. The van der Waals surface area contributed by atoms with E-state index >= 15 is 0 Å². The molecule has 1 aromatic heterocycles. The highest BCUT2D eigenvalue weighted by molar-refractivity contribution is 7.92. The lowest BCUT2D eigenvalue weighted by molar-refractivity contribution is 0.0747. The molecular formula is C25H23ClN4O4S2. The molecule has 0 aliphatic carbocycles. The molecule has 0 bridgehead atoms. The number of amides is 1. The fraction of sp³-hybridized carbons (Fsp3) is 0.200. The zero-order valence-corrected chi connectivity index (χ0v) is 21.7. The molecule has 8 nitrogen and oxygen atoms in total.